The van der Waals surface area contributed by atoms with E-state index in [2.05, 4.69) is 34.9 Å². The minimum atomic E-state index is -1.12. The third-order valence-electron chi connectivity index (χ3n) is 12.1. The van der Waals surface area contributed by atoms with Crippen molar-refractivity contribution in [1.82, 2.24) is 15.5 Å². The summed E-state index contributed by atoms with van der Waals surface area (Å²) in [6, 6.07) is 15.7. The van der Waals surface area contributed by atoms with E-state index in [1.165, 1.54) is 38.5 Å². The molecule has 2 aromatic rings. The van der Waals surface area contributed by atoms with Crippen LogP contribution in [0.15, 0.2) is 48.5 Å². The molecule has 10 rings (SSSR count). The second-order valence-corrected chi connectivity index (χ2v) is 14.7. The van der Waals surface area contributed by atoms with Crippen molar-refractivity contribution in [3.05, 3.63) is 70.8 Å². The quantitative estimate of drug-likeness (QED) is 0.447. The van der Waals surface area contributed by atoms with Crippen LogP contribution in [0.25, 0.3) is 0 Å². The highest BCUT2D eigenvalue weighted by Crippen LogP contribution is 2.61. The second-order valence-electron chi connectivity index (χ2n) is 14.7. The summed E-state index contributed by atoms with van der Waals surface area (Å²) in [5.74, 6) is -1.20. The molecule has 1 saturated heterocycles. The molecule has 8 nitrogen and oxygen atoms in total. The lowest BCUT2D eigenvalue weighted by atomic mass is 9.49. The largest absolute Gasteiger partial charge is 0.480 e. The lowest BCUT2D eigenvalue weighted by Gasteiger charge is -2.57. The van der Waals surface area contributed by atoms with Crippen LogP contribution in [-0.2, 0) is 19.2 Å². The molecule has 7 aliphatic carbocycles. The molecule has 3 amide bonds. The van der Waals surface area contributed by atoms with Gasteiger partial charge >= 0.3 is 5.97 Å². The van der Waals surface area contributed by atoms with E-state index < -0.39 is 36.3 Å². The third kappa shape index (κ3) is 4.39. The number of aliphatic carboxylic acids is 1. The van der Waals surface area contributed by atoms with Crippen molar-refractivity contribution in [3.63, 3.8) is 0 Å². The van der Waals surface area contributed by atoms with Gasteiger partial charge in [0.05, 0.1) is 11.8 Å². The molecule has 44 heavy (non-hydrogen) atoms. The maximum atomic E-state index is 14.8. The van der Waals surface area contributed by atoms with Crippen molar-refractivity contribution in [2.75, 3.05) is 19.6 Å². The number of fused-ring (bicyclic) bond motifs is 1. The number of benzene rings is 2. The Morgan fingerprint density at radius 3 is 1.80 bits per heavy atom. The predicted octanol–water partition coefficient (Wildman–Crippen LogP) is 4.03. The molecule has 5 fully saturated rings. The van der Waals surface area contributed by atoms with Gasteiger partial charge in [-0.15, -0.1) is 0 Å². The van der Waals surface area contributed by atoms with E-state index in [-0.39, 0.29) is 29.1 Å². The first kappa shape index (κ1) is 27.8. The number of nitrogens with one attached hydrogen (secondary N) is 2. The lowest BCUT2D eigenvalue weighted by Crippen LogP contribution is -2.57. The Hall–Kier alpha value is -3.68. The zero-order valence-corrected chi connectivity index (χ0v) is 25.0. The average molecular weight is 596 g/mol. The first-order valence-corrected chi connectivity index (χ1v) is 16.6. The normalized spacial score (nSPS) is 35.6. The Labute approximate surface area is 258 Å². The predicted molar refractivity (Wildman–Crippen MR) is 163 cm³/mol. The van der Waals surface area contributed by atoms with Crippen LogP contribution < -0.4 is 10.6 Å². The molecule has 230 valence electrons. The zero-order valence-electron chi connectivity index (χ0n) is 25.0. The molecule has 3 N–H and O–H groups in total. The fraction of sp³-hybridized carbons (Fsp3) is 0.556. The first-order valence-electron chi connectivity index (χ1n) is 16.6. The Morgan fingerprint density at radius 2 is 1.27 bits per heavy atom. The molecule has 3 atom stereocenters. The number of amides is 3. The van der Waals surface area contributed by atoms with Crippen molar-refractivity contribution in [1.29, 1.82) is 0 Å². The molecular weight excluding hydrogens is 554 g/mol. The minimum absolute atomic E-state index is 0.0517. The molecule has 6 bridgehead atoms. The van der Waals surface area contributed by atoms with Crippen molar-refractivity contribution >= 4 is 23.7 Å². The number of carbonyl (C=O) groups excluding carboxylic acids is 3. The summed E-state index contributed by atoms with van der Waals surface area (Å²) in [6.45, 7) is 0.613. The fourth-order valence-electron chi connectivity index (χ4n) is 11.0. The molecule has 0 aromatic heterocycles. The number of nitrogens with zero attached hydrogens (tertiary/aromatic N) is 1. The van der Waals surface area contributed by atoms with Gasteiger partial charge in [0.1, 0.15) is 12.6 Å². The van der Waals surface area contributed by atoms with E-state index in [0.29, 0.717) is 25.9 Å². The monoisotopic (exact) mass is 595 g/mol. The van der Waals surface area contributed by atoms with Crippen LogP contribution in [0.5, 0.6) is 0 Å². The molecule has 0 unspecified atom stereocenters. The highest BCUT2D eigenvalue weighted by molar-refractivity contribution is 5.95. The van der Waals surface area contributed by atoms with Gasteiger partial charge < -0.3 is 20.6 Å². The number of hydrogen-bond acceptors (Lipinski definition) is 4. The van der Waals surface area contributed by atoms with Crippen LogP contribution in [0.1, 0.15) is 85.5 Å². The topological polar surface area (TPSA) is 116 Å². The third-order valence-corrected chi connectivity index (χ3v) is 12.1. The van der Waals surface area contributed by atoms with Crippen LogP contribution in [0.2, 0.25) is 0 Å². The van der Waals surface area contributed by atoms with Gasteiger partial charge in [-0.05, 0) is 96.8 Å². The van der Waals surface area contributed by atoms with Crippen LogP contribution in [-0.4, -0.2) is 59.4 Å². The van der Waals surface area contributed by atoms with Crippen LogP contribution in [0, 0.1) is 35.0 Å². The molecule has 1 aliphatic heterocycles. The molecular formula is C36H41N3O5. The Kier molecular flexibility index (Phi) is 6.61. The first-order chi connectivity index (χ1) is 21.3. The number of rotatable bonds is 7. The lowest BCUT2D eigenvalue weighted by molar-refractivity contribution is -0.148. The van der Waals surface area contributed by atoms with Crippen molar-refractivity contribution in [2.24, 2.45) is 35.0 Å². The zero-order chi connectivity index (χ0) is 30.2. The number of hydrogen-bond donors (Lipinski definition) is 3. The molecule has 4 saturated carbocycles. The maximum absolute atomic E-state index is 14.8. The Morgan fingerprint density at radius 1 is 0.750 bits per heavy atom. The summed E-state index contributed by atoms with van der Waals surface area (Å²) in [4.78, 5) is 55.2. The van der Waals surface area contributed by atoms with Gasteiger partial charge in [0.15, 0.2) is 0 Å². The second kappa shape index (κ2) is 10.5. The minimum Gasteiger partial charge on any atom is -0.480 e. The van der Waals surface area contributed by atoms with E-state index in [1.54, 1.807) is 4.90 Å². The van der Waals surface area contributed by atoms with Crippen LogP contribution in [0.4, 0.5) is 0 Å². The van der Waals surface area contributed by atoms with Gasteiger partial charge in [0.25, 0.3) is 0 Å². The van der Waals surface area contributed by atoms with Crippen molar-refractivity contribution in [3.8, 4) is 0 Å². The van der Waals surface area contributed by atoms with Gasteiger partial charge in [-0.1, -0.05) is 48.5 Å². The summed E-state index contributed by atoms with van der Waals surface area (Å²) >= 11 is 0. The summed E-state index contributed by atoms with van der Waals surface area (Å²) < 4.78 is 0. The van der Waals surface area contributed by atoms with Crippen molar-refractivity contribution in [2.45, 2.75) is 69.2 Å². The van der Waals surface area contributed by atoms with Gasteiger partial charge in [0, 0.05) is 24.9 Å². The van der Waals surface area contributed by atoms with Gasteiger partial charge in [0.2, 0.25) is 17.7 Å². The molecule has 2 aromatic carbocycles. The highest BCUT2D eigenvalue weighted by Gasteiger charge is 2.57. The van der Waals surface area contributed by atoms with Crippen LogP contribution in [0.3, 0.4) is 0 Å². The van der Waals surface area contributed by atoms with Crippen molar-refractivity contribution < 1.29 is 24.3 Å². The number of likely N-dealkylation sites (tertiary alicyclic amines) is 1. The number of carboxylic acid groups (broad SMARTS) is 1. The van der Waals surface area contributed by atoms with E-state index >= 15 is 0 Å². The molecule has 1 heterocycles. The van der Waals surface area contributed by atoms with Gasteiger partial charge in [-0.3, -0.25) is 19.2 Å². The van der Waals surface area contributed by atoms with E-state index in [1.807, 2.05) is 24.3 Å². The molecule has 0 spiro atoms. The Balaban J connectivity index is 1.14. The summed E-state index contributed by atoms with van der Waals surface area (Å²) in [5.41, 5.74) is 4.59. The molecule has 8 heteroatoms. The molecule has 8 aliphatic rings. The SMILES string of the molecule is O=C(O)CNC(=O)[C@H]1CCCN1C(=O)[C@@H]1C2c3ccccc3C(c3ccccc32)[C@@H]1C(=O)NCC12CC3CC(CC(C3)C1)C2. The smallest absolute Gasteiger partial charge is 0.322 e. The highest BCUT2D eigenvalue weighted by atomic mass is 16.4. The van der Waals surface area contributed by atoms with E-state index in [4.69, 9.17) is 5.11 Å². The van der Waals surface area contributed by atoms with Gasteiger partial charge in [-0.25, -0.2) is 0 Å². The van der Waals surface area contributed by atoms with Gasteiger partial charge in [-0.2, -0.15) is 0 Å². The maximum Gasteiger partial charge on any atom is 0.322 e. The summed E-state index contributed by atoms with van der Waals surface area (Å²) in [6.07, 6.45) is 8.78. The van der Waals surface area contributed by atoms with E-state index in [9.17, 15) is 19.2 Å². The molecule has 0 radical (unpaired) electrons. The van der Waals surface area contributed by atoms with Crippen LogP contribution >= 0.6 is 0 Å². The fourth-order valence-corrected chi connectivity index (χ4v) is 11.0. The average Bonchev–Trinajstić information content (AvgIpc) is 3.51. The Bertz CT molecular complexity index is 1450. The van der Waals surface area contributed by atoms with E-state index in [0.717, 1.165) is 40.0 Å². The summed E-state index contributed by atoms with van der Waals surface area (Å²) in [7, 11) is 0. The number of carbonyl (C=O) groups is 4. The summed E-state index contributed by atoms with van der Waals surface area (Å²) in [5, 5.41) is 15.0. The number of carboxylic acids is 1. The standard InChI is InChI=1S/C36H41N3O5/c40-28(41)18-37-33(42)27-10-5-11-39(27)35(44)32-30-25-8-3-1-6-23(25)29(24-7-2-4-9-26(24)30)31(32)34(43)38-19-36-15-20-12-21(16-36)14-22(13-20)17-36/h1-4,6-9,20-22,27,29-32H,5,10-19H2,(H,37,42)(H,38,43)(H,40,41)/t20?,21?,22?,27-,29?,30?,31+,32-,36?/m1/s1.